The van der Waals surface area contributed by atoms with Crippen LogP contribution in [0.1, 0.15) is 20.3 Å². The van der Waals surface area contributed by atoms with Crippen molar-refractivity contribution in [1.29, 1.82) is 0 Å². The van der Waals surface area contributed by atoms with Gasteiger partial charge in [-0.2, -0.15) is 0 Å². The lowest BCUT2D eigenvalue weighted by Gasteiger charge is -2.38. The number of morpholine rings is 1. The van der Waals surface area contributed by atoms with Gasteiger partial charge in [0.1, 0.15) is 0 Å². The minimum absolute atomic E-state index is 0.116. The average molecular weight is 276 g/mol. The maximum absolute atomic E-state index is 11.6. The number of allylic oxidation sites excluding steroid dienone is 1. The van der Waals surface area contributed by atoms with Crippen LogP contribution in [0.3, 0.4) is 0 Å². The van der Waals surface area contributed by atoms with E-state index in [1.807, 2.05) is 13.8 Å². The zero-order chi connectivity index (χ0) is 13.6. The van der Waals surface area contributed by atoms with Crippen molar-refractivity contribution >= 4 is 10.0 Å². The molecule has 0 saturated carbocycles. The van der Waals surface area contributed by atoms with E-state index in [1.54, 1.807) is 6.08 Å². The predicted molar refractivity (Wildman–Crippen MR) is 73.1 cm³/mol. The van der Waals surface area contributed by atoms with E-state index < -0.39 is 10.0 Å². The van der Waals surface area contributed by atoms with E-state index in [0.29, 0.717) is 19.6 Å². The fraction of sp³-hybridized carbons (Fsp3) is 0.833. The molecule has 0 amide bonds. The molecule has 1 saturated heterocycles. The van der Waals surface area contributed by atoms with Crippen molar-refractivity contribution in [2.45, 2.75) is 25.9 Å². The highest BCUT2D eigenvalue weighted by Crippen LogP contribution is 2.15. The average Bonchev–Trinajstić information content (AvgIpc) is 2.25. The van der Waals surface area contributed by atoms with Crippen LogP contribution in [0.2, 0.25) is 0 Å². The van der Waals surface area contributed by atoms with Crippen LogP contribution in [0.25, 0.3) is 0 Å². The Kier molecular flexibility index (Phi) is 5.78. The smallest absolute Gasteiger partial charge is 0.211 e. The van der Waals surface area contributed by atoms with E-state index >= 15 is 0 Å². The van der Waals surface area contributed by atoms with E-state index in [2.05, 4.69) is 16.2 Å². The van der Waals surface area contributed by atoms with E-state index in [1.165, 1.54) is 0 Å². The molecule has 1 fully saturated rings. The number of ether oxygens (including phenoxy) is 1. The molecule has 0 aromatic heterocycles. The summed E-state index contributed by atoms with van der Waals surface area (Å²) in [5.74, 6) is 0.116. The molecule has 0 aromatic rings. The van der Waals surface area contributed by atoms with Crippen LogP contribution in [0, 0.1) is 0 Å². The number of hydrogen-bond donors (Lipinski definition) is 1. The summed E-state index contributed by atoms with van der Waals surface area (Å²) in [4.78, 5) is 2.22. The van der Waals surface area contributed by atoms with Gasteiger partial charge in [0.15, 0.2) is 0 Å². The second-order valence-corrected chi connectivity index (χ2v) is 7.10. The first kappa shape index (κ1) is 15.6. The zero-order valence-corrected chi connectivity index (χ0v) is 12.1. The highest BCUT2D eigenvalue weighted by Gasteiger charge is 2.26. The Morgan fingerprint density at radius 2 is 2.22 bits per heavy atom. The van der Waals surface area contributed by atoms with E-state index in [0.717, 1.165) is 19.6 Å². The zero-order valence-electron chi connectivity index (χ0n) is 11.3. The molecule has 0 aliphatic carbocycles. The topological polar surface area (TPSA) is 58.6 Å². The van der Waals surface area contributed by atoms with Gasteiger partial charge in [-0.1, -0.05) is 6.08 Å². The Balaban J connectivity index is 2.27. The van der Waals surface area contributed by atoms with Crippen molar-refractivity contribution in [3.63, 3.8) is 0 Å². The van der Waals surface area contributed by atoms with Gasteiger partial charge in [0, 0.05) is 26.2 Å². The monoisotopic (exact) mass is 276 g/mol. The SMILES string of the molecule is C=CCCS(=O)(=O)NCCN1CCOC(C)(C)C1. The van der Waals surface area contributed by atoms with Gasteiger partial charge in [-0.25, -0.2) is 13.1 Å². The van der Waals surface area contributed by atoms with Crippen LogP contribution >= 0.6 is 0 Å². The van der Waals surface area contributed by atoms with Crippen LogP contribution < -0.4 is 4.72 Å². The van der Waals surface area contributed by atoms with E-state index in [9.17, 15) is 8.42 Å². The molecule has 0 radical (unpaired) electrons. The molecule has 1 aliphatic rings. The molecular weight excluding hydrogens is 252 g/mol. The van der Waals surface area contributed by atoms with Crippen LogP contribution in [0.4, 0.5) is 0 Å². The van der Waals surface area contributed by atoms with Crippen LogP contribution in [-0.4, -0.2) is 57.5 Å². The minimum Gasteiger partial charge on any atom is -0.373 e. The lowest BCUT2D eigenvalue weighted by Crippen LogP contribution is -2.50. The largest absolute Gasteiger partial charge is 0.373 e. The minimum atomic E-state index is -3.15. The van der Waals surface area contributed by atoms with Crippen molar-refractivity contribution < 1.29 is 13.2 Å². The van der Waals surface area contributed by atoms with Gasteiger partial charge in [-0.3, -0.25) is 4.90 Å². The quantitative estimate of drug-likeness (QED) is 0.692. The van der Waals surface area contributed by atoms with Crippen molar-refractivity contribution in [3.05, 3.63) is 12.7 Å². The molecule has 106 valence electrons. The Morgan fingerprint density at radius 1 is 1.50 bits per heavy atom. The molecule has 0 aromatic carbocycles. The summed E-state index contributed by atoms with van der Waals surface area (Å²) in [7, 11) is -3.15. The van der Waals surface area contributed by atoms with Gasteiger partial charge in [-0.15, -0.1) is 6.58 Å². The molecule has 0 bridgehead atoms. The summed E-state index contributed by atoms with van der Waals surface area (Å²) >= 11 is 0. The fourth-order valence-electron chi connectivity index (χ4n) is 1.98. The van der Waals surface area contributed by atoms with Gasteiger partial charge < -0.3 is 4.74 Å². The highest BCUT2D eigenvalue weighted by molar-refractivity contribution is 7.89. The number of sulfonamides is 1. The van der Waals surface area contributed by atoms with Crippen LogP contribution in [0.5, 0.6) is 0 Å². The first-order chi connectivity index (χ1) is 8.35. The van der Waals surface area contributed by atoms with Crippen molar-refractivity contribution in [2.75, 3.05) is 38.5 Å². The van der Waals surface area contributed by atoms with Crippen molar-refractivity contribution in [2.24, 2.45) is 0 Å². The molecular formula is C12H24N2O3S. The molecule has 0 unspecified atom stereocenters. The maximum Gasteiger partial charge on any atom is 0.211 e. The highest BCUT2D eigenvalue weighted by atomic mass is 32.2. The second-order valence-electron chi connectivity index (χ2n) is 5.17. The summed E-state index contributed by atoms with van der Waals surface area (Å²) < 4.78 is 31.3. The summed E-state index contributed by atoms with van der Waals surface area (Å²) in [6.07, 6.45) is 2.10. The third-order valence-electron chi connectivity index (χ3n) is 2.85. The number of hydrogen-bond acceptors (Lipinski definition) is 4. The first-order valence-corrected chi connectivity index (χ1v) is 7.94. The van der Waals surface area contributed by atoms with Crippen molar-refractivity contribution in [3.8, 4) is 0 Å². The molecule has 1 rings (SSSR count). The first-order valence-electron chi connectivity index (χ1n) is 6.29. The number of rotatable bonds is 7. The number of nitrogens with zero attached hydrogens (tertiary/aromatic N) is 1. The molecule has 0 spiro atoms. The standard InChI is InChI=1S/C12H24N2O3S/c1-4-5-10-18(15,16)13-6-7-14-8-9-17-12(2,3)11-14/h4,13H,1,5-11H2,2-3H3. The molecule has 1 aliphatic heterocycles. The molecule has 6 heteroatoms. The third kappa shape index (κ3) is 5.95. The summed E-state index contributed by atoms with van der Waals surface area (Å²) in [6, 6.07) is 0. The fourth-order valence-corrected chi connectivity index (χ4v) is 3.00. The van der Waals surface area contributed by atoms with Gasteiger partial charge >= 0.3 is 0 Å². The Labute approximate surface area is 110 Å². The van der Waals surface area contributed by atoms with Gasteiger partial charge in [0.25, 0.3) is 0 Å². The Bertz CT molecular complexity index is 366. The molecule has 1 heterocycles. The van der Waals surface area contributed by atoms with Crippen LogP contribution in [0.15, 0.2) is 12.7 Å². The van der Waals surface area contributed by atoms with E-state index in [-0.39, 0.29) is 11.4 Å². The van der Waals surface area contributed by atoms with Crippen molar-refractivity contribution in [1.82, 2.24) is 9.62 Å². The molecule has 5 nitrogen and oxygen atoms in total. The summed E-state index contributed by atoms with van der Waals surface area (Å²) in [5.41, 5.74) is -0.139. The normalized spacial score (nSPS) is 20.8. The lowest BCUT2D eigenvalue weighted by atomic mass is 10.1. The number of nitrogens with one attached hydrogen (secondary N) is 1. The predicted octanol–water partition coefficient (Wildman–Crippen LogP) is 0.593. The summed E-state index contributed by atoms with van der Waals surface area (Å²) in [6.45, 7) is 11.2. The summed E-state index contributed by atoms with van der Waals surface area (Å²) in [5, 5.41) is 0. The molecule has 1 N–H and O–H groups in total. The van der Waals surface area contributed by atoms with Gasteiger partial charge in [0.2, 0.25) is 10.0 Å². The molecule has 18 heavy (non-hydrogen) atoms. The van der Waals surface area contributed by atoms with E-state index in [4.69, 9.17) is 4.74 Å². The van der Waals surface area contributed by atoms with Gasteiger partial charge in [0.05, 0.1) is 18.0 Å². The molecule has 0 atom stereocenters. The Morgan fingerprint density at radius 3 is 2.83 bits per heavy atom. The Hall–Kier alpha value is -0.430. The second kappa shape index (κ2) is 6.65. The van der Waals surface area contributed by atoms with Crippen LogP contribution in [-0.2, 0) is 14.8 Å². The lowest BCUT2D eigenvalue weighted by molar-refractivity contribution is -0.0851. The third-order valence-corrected chi connectivity index (χ3v) is 4.26. The maximum atomic E-state index is 11.6. The van der Waals surface area contributed by atoms with Gasteiger partial charge in [-0.05, 0) is 20.3 Å².